The molecule has 0 fully saturated rings. The zero-order valence-corrected chi connectivity index (χ0v) is 12.8. The molecule has 2 rings (SSSR count). The van der Waals surface area contributed by atoms with E-state index in [0.29, 0.717) is 26.8 Å². The normalized spacial score (nSPS) is 10.5. The fourth-order valence-corrected chi connectivity index (χ4v) is 2.40. The van der Waals surface area contributed by atoms with Gasteiger partial charge in [-0.25, -0.2) is 5.10 Å². The number of hydrogen-bond donors (Lipinski definition) is 2. The van der Waals surface area contributed by atoms with E-state index in [4.69, 9.17) is 23.2 Å². The van der Waals surface area contributed by atoms with Crippen molar-refractivity contribution in [3.8, 4) is 0 Å². The lowest BCUT2D eigenvalue weighted by atomic mass is 10.1. The number of nitrogens with zero attached hydrogens (tertiary/aromatic N) is 1. The predicted octanol–water partition coefficient (Wildman–Crippen LogP) is 3.49. The monoisotopic (exact) mass is 361 g/mol. The first-order valence-corrected chi connectivity index (χ1v) is 7.04. The molecule has 0 aliphatic rings. The Kier molecular flexibility index (Phi) is 4.85. The Morgan fingerprint density at radius 2 is 2.16 bits per heavy atom. The van der Waals surface area contributed by atoms with Gasteiger partial charge in [0.25, 0.3) is 5.56 Å². The second-order valence-corrected chi connectivity index (χ2v) is 5.48. The summed E-state index contributed by atoms with van der Waals surface area (Å²) in [6.07, 6.45) is 2.27. The van der Waals surface area contributed by atoms with Crippen molar-refractivity contribution in [2.75, 3.05) is 11.9 Å². The van der Waals surface area contributed by atoms with Crippen LogP contribution in [0.15, 0.2) is 33.7 Å². The van der Waals surface area contributed by atoms with Crippen LogP contribution in [0, 0.1) is 0 Å². The van der Waals surface area contributed by atoms with Crippen molar-refractivity contribution < 1.29 is 0 Å². The molecule has 0 aliphatic heterocycles. The first-order chi connectivity index (χ1) is 9.08. The van der Waals surface area contributed by atoms with Gasteiger partial charge in [0.15, 0.2) is 0 Å². The Labute approximate surface area is 128 Å². The molecular weight excluding hydrogens is 353 g/mol. The Hall–Kier alpha value is -1.04. The largest absolute Gasteiger partial charge is 0.382 e. The number of nitrogens with one attached hydrogen (secondary N) is 2. The Morgan fingerprint density at radius 1 is 1.37 bits per heavy atom. The number of hydrogen-bond acceptors (Lipinski definition) is 3. The lowest BCUT2D eigenvalue weighted by Crippen LogP contribution is -2.13. The number of halogens is 3. The molecule has 100 valence electrons. The van der Waals surface area contributed by atoms with Gasteiger partial charge < -0.3 is 5.32 Å². The lowest BCUT2D eigenvalue weighted by molar-refractivity contribution is 0.960. The molecule has 1 aromatic heterocycles. The second-order valence-electron chi connectivity index (χ2n) is 3.84. The quantitative estimate of drug-likeness (QED) is 0.875. The summed E-state index contributed by atoms with van der Waals surface area (Å²) >= 11 is 15.1. The Balaban J connectivity index is 2.00. The summed E-state index contributed by atoms with van der Waals surface area (Å²) < 4.78 is 0.435. The van der Waals surface area contributed by atoms with E-state index in [9.17, 15) is 4.79 Å². The molecule has 0 radical (unpaired) electrons. The maximum absolute atomic E-state index is 11.3. The topological polar surface area (TPSA) is 57.8 Å². The smallest absolute Gasteiger partial charge is 0.280 e. The van der Waals surface area contributed by atoms with Gasteiger partial charge in [-0.15, -0.1) is 0 Å². The van der Waals surface area contributed by atoms with Crippen molar-refractivity contribution in [3.05, 3.63) is 54.8 Å². The predicted molar refractivity (Wildman–Crippen MR) is 81.2 cm³/mol. The minimum atomic E-state index is -0.269. The minimum absolute atomic E-state index is 0.269. The summed E-state index contributed by atoms with van der Waals surface area (Å²) in [4.78, 5) is 11.3. The highest BCUT2D eigenvalue weighted by Crippen LogP contribution is 2.22. The van der Waals surface area contributed by atoms with Gasteiger partial charge in [-0.1, -0.05) is 29.3 Å². The third-order valence-electron chi connectivity index (χ3n) is 2.52. The molecule has 0 saturated heterocycles. The van der Waals surface area contributed by atoms with Crippen LogP contribution in [0.5, 0.6) is 0 Å². The van der Waals surface area contributed by atoms with Crippen LogP contribution in [0.25, 0.3) is 0 Å². The van der Waals surface area contributed by atoms with E-state index < -0.39 is 0 Å². The molecule has 1 aromatic carbocycles. The molecule has 4 nitrogen and oxygen atoms in total. The molecule has 0 aliphatic carbocycles. The van der Waals surface area contributed by atoms with Crippen LogP contribution in [-0.2, 0) is 6.42 Å². The molecule has 0 atom stereocenters. The van der Waals surface area contributed by atoms with Gasteiger partial charge in [-0.05, 0) is 40.0 Å². The number of rotatable bonds is 4. The van der Waals surface area contributed by atoms with E-state index in [1.54, 1.807) is 18.3 Å². The van der Waals surface area contributed by atoms with E-state index in [0.717, 1.165) is 12.0 Å². The molecule has 0 unspecified atom stereocenters. The van der Waals surface area contributed by atoms with E-state index in [1.807, 2.05) is 6.07 Å². The molecule has 0 spiro atoms. The van der Waals surface area contributed by atoms with Gasteiger partial charge in [0.2, 0.25) is 0 Å². The third-order valence-corrected chi connectivity index (χ3v) is 3.89. The van der Waals surface area contributed by atoms with Crippen LogP contribution in [0.3, 0.4) is 0 Å². The molecule has 7 heteroatoms. The summed E-state index contributed by atoms with van der Waals surface area (Å²) in [6, 6.07) is 5.40. The van der Waals surface area contributed by atoms with Crippen LogP contribution in [0.1, 0.15) is 5.56 Å². The molecule has 2 N–H and O–H groups in total. The summed E-state index contributed by atoms with van der Waals surface area (Å²) in [5.74, 6) is 0. The molecule has 0 bridgehead atoms. The zero-order valence-electron chi connectivity index (χ0n) is 9.71. The SMILES string of the molecule is O=c1[nH]ncc(NCCc2ccc(Cl)cc2Cl)c1Br. The van der Waals surface area contributed by atoms with Gasteiger partial charge in [0.05, 0.1) is 11.9 Å². The van der Waals surface area contributed by atoms with Crippen LogP contribution >= 0.6 is 39.1 Å². The van der Waals surface area contributed by atoms with Crippen molar-refractivity contribution in [2.24, 2.45) is 0 Å². The highest BCUT2D eigenvalue weighted by molar-refractivity contribution is 9.10. The van der Waals surface area contributed by atoms with Crippen molar-refractivity contribution in [3.63, 3.8) is 0 Å². The van der Waals surface area contributed by atoms with Crippen LogP contribution in [0.2, 0.25) is 10.0 Å². The van der Waals surface area contributed by atoms with Gasteiger partial charge in [-0.3, -0.25) is 4.79 Å². The lowest BCUT2D eigenvalue weighted by Gasteiger charge is -2.08. The van der Waals surface area contributed by atoms with Crippen molar-refractivity contribution in [2.45, 2.75) is 6.42 Å². The first kappa shape index (κ1) is 14.4. The number of aromatic amines is 1. The fraction of sp³-hybridized carbons (Fsp3) is 0.167. The summed E-state index contributed by atoms with van der Waals surface area (Å²) in [7, 11) is 0. The van der Waals surface area contributed by atoms with E-state index >= 15 is 0 Å². The average Bonchev–Trinajstić information content (AvgIpc) is 2.37. The summed E-state index contributed by atoms with van der Waals surface area (Å²) in [6.45, 7) is 0.630. The Bertz CT molecular complexity index is 645. The van der Waals surface area contributed by atoms with Crippen LogP contribution < -0.4 is 10.9 Å². The Morgan fingerprint density at radius 3 is 2.89 bits per heavy atom. The van der Waals surface area contributed by atoms with Crippen molar-refractivity contribution in [1.29, 1.82) is 0 Å². The van der Waals surface area contributed by atoms with Gasteiger partial charge >= 0.3 is 0 Å². The molecule has 2 aromatic rings. The standard InChI is InChI=1S/C12H10BrCl2N3O/c13-11-10(6-17-18-12(11)19)16-4-3-7-1-2-8(14)5-9(7)15/h1-2,5-6H,3-4H2,(H2,16,18,19). The number of aromatic nitrogens is 2. The molecule has 0 saturated carbocycles. The molecular formula is C12H10BrCl2N3O. The molecule has 19 heavy (non-hydrogen) atoms. The van der Waals surface area contributed by atoms with Gasteiger partial charge in [0, 0.05) is 16.6 Å². The number of anilines is 1. The van der Waals surface area contributed by atoms with Crippen LogP contribution in [-0.4, -0.2) is 16.7 Å². The fourth-order valence-electron chi connectivity index (χ4n) is 1.56. The van der Waals surface area contributed by atoms with E-state index in [1.165, 1.54) is 0 Å². The number of H-pyrrole nitrogens is 1. The molecule has 1 heterocycles. The first-order valence-electron chi connectivity index (χ1n) is 5.49. The van der Waals surface area contributed by atoms with Gasteiger partial charge in [0.1, 0.15) is 4.47 Å². The molecule has 0 amide bonds. The van der Waals surface area contributed by atoms with Crippen molar-refractivity contribution >= 4 is 44.8 Å². The minimum Gasteiger partial charge on any atom is -0.382 e. The second kappa shape index (κ2) is 6.41. The van der Waals surface area contributed by atoms with Crippen molar-refractivity contribution in [1.82, 2.24) is 10.2 Å². The van der Waals surface area contributed by atoms with E-state index in [-0.39, 0.29) is 5.56 Å². The van der Waals surface area contributed by atoms with Crippen LogP contribution in [0.4, 0.5) is 5.69 Å². The van der Waals surface area contributed by atoms with E-state index in [2.05, 4.69) is 31.4 Å². The average molecular weight is 363 g/mol. The maximum atomic E-state index is 11.3. The highest BCUT2D eigenvalue weighted by atomic mass is 79.9. The summed E-state index contributed by atoms with van der Waals surface area (Å²) in [5, 5.41) is 10.4. The van der Waals surface area contributed by atoms with Gasteiger partial charge in [-0.2, -0.15) is 5.10 Å². The highest BCUT2D eigenvalue weighted by Gasteiger charge is 2.05. The maximum Gasteiger partial charge on any atom is 0.280 e. The third kappa shape index (κ3) is 3.72. The number of benzene rings is 1. The summed E-state index contributed by atoms with van der Waals surface area (Å²) in [5.41, 5.74) is 1.37. The zero-order chi connectivity index (χ0) is 13.8.